The summed E-state index contributed by atoms with van der Waals surface area (Å²) in [5.74, 6) is 1.20. The molecule has 0 heterocycles. The fraction of sp³-hybridized carbons (Fsp3) is 0.344. The first-order valence-corrected chi connectivity index (χ1v) is 16.4. The third-order valence-electron chi connectivity index (χ3n) is 6.40. The highest BCUT2D eigenvalue weighted by molar-refractivity contribution is 7.99. The van der Waals surface area contributed by atoms with Crippen LogP contribution in [0.2, 0.25) is 0 Å². The van der Waals surface area contributed by atoms with Crippen LogP contribution in [0.15, 0.2) is 77.7 Å². The summed E-state index contributed by atoms with van der Waals surface area (Å²) in [6, 6.07) is 21.7. The summed E-state index contributed by atoms with van der Waals surface area (Å²) >= 11 is 1.62. The first-order valence-electron chi connectivity index (χ1n) is 14.0. The Morgan fingerprint density at radius 1 is 0.857 bits per heavy atom. The first-order chi connectivity index (χ1) is 20.4. The van der Waals surface area contributed by atoms with E-state index in [9.17, 15) is 23.7 Å². The molecule has 0 spiro atoms. The van der Waals surface area contributed by atoms with E-state index in [1.54, 1.807) is 30.0 Å². The van der Waals surface area contributed by atoms with Crippen LogP contribution in [0, 0.1) is 0 Å². The van der Waals surface area contributed by atoms with Crippen molar-refractivity contribution in [1.29, 1.82) is 0 Å². The minimum Gasteiger partial charge on any atom is -0.506 e. The zero-order valence-electron chi connectivity index (χ0n) is 23.8. The van der Waals surface area contributed by atoms with E-state index in [0.29, 0.717) is 47.7 Å². The average Bonchev–Trinajstić information content (AvgIpc) is 2.99. The van der Waals surface area contributed by atoms with Crippen LogP contribution in [0.1, 0.15) is 54.4 Å². The molecule has 2 amide bonds. The second-order valence-corrected chi connectivity index (χ2v) is 12.5. The van der Waals surface area contributed by atoms with Gasteiger partial charge >= 0.3 is 5.97 Å². The maximum absolute atomic E-state index is 13.1. The first kappa shape index (κ1) is 32.9. The van der Waals surface area contributed by atoms with Crippen LogP contribution in [0.25, 0.3) is 0 Å². The van der Waals surface area contributed by atoms with E-state index in [1.807, 2.05) is 48.5 Å². The number of rotatable bonds is 17. The number of amides is 2. The second-order valence-electron chi connectivity index (χ2n) is 9.65. The van der Waals surface area contributed by atoms with Crippen molar-refractivity contribution in [1.82, 2.24) is 0 Å². The Morgan fingerprint density at radius 3 is 2.45 bits per heavy atom. The van der Waals surface area contributed by atoms with Crippen LogP contribution in [0.4, 0.5) is 11.4 Å². The summed E-state index contributed by atoms with van der Waals surface area (Å²) in [7, 11) is 0.311. The molecule has 0 saturated heterocycles. The molecular weight excluding hydrogens is 572 g/mol. The lowest BCUT2D eigenvalue weighted by Crippen LogP contribution is -2.13. The molecule has 0 aliphatic rings. The van der Waals surface area contributed by atoms with Crippen molar-refractivity contribution in [2.75, 3.05) is 35.0 Å². The SMILES string of the molecule is COC(=O)CCCS(=O)CCc1cccc(NC(=O)c2ccccc2SCCCCCC(=O)Nc2ccccc2O)c1. The van der Waals surface area contributed by atoms with Gasteiger partial charge in [-0.3, -0.25) is 18.6 Å². The van der Waals surface area contributed by atoms with Gasteiger partial charge in [-0.05, 0) is 73.4 Å². The predicted octanol–water partition coefficient (Wildman–Crippen LogP) is 6.18. The molecule has 8 nitrogen and oxygen atoms in total. The zero-order chi connectivity index (χ0) is 30.2. The van der Waals surface area contributed by atoms with Gasteiger partial charge in [0.15, 0.2) is 0 Å². The van der Waals surface area contributed by atoms with Crippen LogP contribution < -0.4 is 10.6 Å². The zero-order valence-corrected chi connectivity index (χ0v) is 25.4. The number of carbonyl (C=O) groups is 3. The maximum Gasteiger partial charge on any atom is 0.305 e. The fourth-order valence-electron chi connectivity index (χ4n) is 4.13. The predicted molar refractivity (Wildman–Crippen MR) is 170 cm³/mol. The number of thioether (sulfide) groups is 1. The molecule has 42 heavy (non-hydrogen) atoms. The summed E-state index contributed by atoms with van der Waals surface area (Å²) in [6.07, 6.45) is 4.29. The Kier molecular flexibility index (Phi) is 14.1. The van der Waals surface area contributed by atoms with E-state index in [0.717, 1.165) is 35.5 Å². The Morgan fingerprint density at radius 2 is 1.64 bits per heavy atom. The molecule has 1 unspecified atom stereocenters. The van der Waals surface area contributed by atoms with Crippen LogP contribution in [0.5, 0.6) is 5.75 Å². The number of aryl methyl sites for hydroxylation is 1. The Labute approximate surface area is 254 Å². The van der Waals surface area contributed by atoms with Gasteiger partial charge in [0.05, 0.1) is 18.4 Å². The summed E-state index contributed by atoms with van der Waals surface area (Å²) in [5, 5.41) is 15.5. The number of esters is 1. The van der Waals surface area contributed by atoms with E-state index in [2.05, 4.69) is 15.4 Å². The van der Waals surface area contributed by atoms with E-state index in [-0.39, 0.29) is 30.0 Å². The number of nitrogens with one attached hydrogen (secondary N) is 2. The average molecular weight is 611 g/mol. The number of aromatic hydroxyl groups is 1. The number of para-hydroxylation sites is 2. The van der Waals surface area contributed by atoms with Gasteiger partial charge in [0, 0.05) is 45.7 Å². The number of phenols is 1. The number of methoxy groups -OCH3 is 1. The highest BCUT2D eigenvalue weighted by Gasteiger charge is 2.13. The smallest absolute Gasteiger partial charge is 0.305 e. The number of carbonyl (C=O) groups excluding carboxylic acids is 3. The molecule has 10 heteroatoms. The fourth-order valence-corrected chi connectivity index (χ4v) is 6.33. The number of anilines is 2. The summed E-state index contributed by atoms with van der Waals surface area (Å²) in [4.78, 5) is 37.4. The highest BCUT2D eigenvalue weighted by atomic mass is 32.2. The van der Waals surface area contributed by atoms with Crippen molar-refractivity contribution in [2.24, 2.45) is 0 Å². The van der Waals surface area contributed by atoms with Gasteiger partial charge < -0.3 is 20.5 Å². The Bertz CT molecular complexity index is 1360. The molecule has 3 rings (SSSR count). The van der Waals surface area contributed by atoms with Crippen LogP contribution in [-0.4, -0.2) is 51.5 Å². The van der Waals surface area contributed by atoms with E-state index in [1.165, 1.54) is 13.2 Å². The van der Waals surface area contributed by atoms with E-state index >= 15 is 0 Å². The van der Waals surface area contributed by atoms with Gasteiger partial charge in [0.25, 0.3) is 5.91 Å². The van der Waals surface area contributed by atoms with Gasteiger partial charge in [-0.25, -0.2) is 0 Å². The van der Waals surface area contributed by atoms with Crippen molar-refractivity contribution in [3.63, 3.8) is 0 Å². The van der Waals surface area contributed by atoms with E-state index in [4.69, 9.17) is 0 Å². The molecule has 0 radical (unpaired) electrons. The van der Waals surface area contributed by atoms with Crippen molar-refractivity contribution < 1.29 is 28.4 Å². The molecule has 0 aliphatic carbocycles. The molecule has 3 aromatic rings. The minimum absolute atomic E-state index is 0.0517. The van der Waals surface area contributed by atoms with Crippen LogP contribution in [-0.2, 0) is 31.5 Å². The van der Waals surface area contributed by atoms with Gasteiger partial charge in [0.2, 0.25) is 5.91 Å². The monoisotopic (exact) mass is 610 g/mol. The topological polar surface area (TPSA) is 122 Å². The summed E-state index contributed by atoms with van der Waals surface area (Å²) in [5.41, 5.74) is 2.67. The van der Waals surface area contributed by atoms with Gasteiger partial charge in [-0.2, -0.15) is 0 Å². The maximum atomic E-state index is 13.1. The van der Waals surface area contributed by atoms with Gasteiger partial charge in [0.1, 0.15) is 5.75 Å². The molecule has 0 aromatic heterocycles. The number of phenolic OH excluding ortho intramolecular Hbond substituents is 1. The highest BCUT2D eigenvalue weighted by Crippen LogP contribution is 2.26. The standard InChI is InChI=1S/C32H38N2O6S2/c1-40-31(37)18-10-21-42(39)22-19-24-11-9-12-25(23-24)33-32(38)26-13-4-7-16-29(26)41-20-8-2-3-17-30(36)34-27-14-5-6-15-28(27)35/h4-7,9,11-16,23,35H,2-3,8,10,17-22H2,1H3,(H,33,38)(H,34,36). The molecule has 0 bridgehead atoms. The molecule has 3 aromatic carbocycles. The van der Waals surface area contributed by atoms with E-state index < -0.39 is 10.8 Å². The third kappa shape index (κ3) is 11.7. The lowest BCUT2D eigenvalue weighted by molar-refractivity contribution is -0.140. The number of hydrogen-bond donors (Lipinski definition) is 3. The molecular formula is C32H38N2O6S2. The molecule has 1 atom stereocenters. The third-order valence-corrected chi connectivity index (χ3v) is 8.96. The normalized spacial score (nSPS) is 11.5. The lowest BCUT2D eigenvalue weighted by Gasteiger charge is -2.11. The molecule has 0 aliphatic heterocycles. The number of unbranched alkanes of at least 4 members (excludes halogenated alkanes) is 2. The number of ether oxygens (including phenoxy) is 1. The molecule has 0 fully saturated rings. The minimum atomic E-state index is -1.03. The summed E-state index contributed by atoms with van der Waals surface area (Å²) < 4.78 is 16.9. The Hall–Kier alpha value is -3.63. The largest absolute Gasteiger partial charge is 0.506 e. The molecule has 0 saturated carbocycles. The molecule has 224 valence electrons. The molecule has 3 N–H and O–H groups in total. The number of benzene rings is 3. The van der Waals surface area contributed by atoms with Crippen LogP contribution in [0.3, 0.4) is 0 Å². The van der Waals surface area contributed by atoms with Crippen molar-refractivity contribution in [3.05, 3.63) is 83.9 Å². The van der Waals surface area contributed by atoms with Crippen LogP contribution >= 0.6 is 11.8 Å². The Balaban J connectivity index is 1.41. The van der Waals surface area contributed by atoms with Crippen molar-refractivity contribution in [2.45, 2.75) is 49.8 Å². The van der Waals surface area contributed by atoms with Crippen molar-refractivity contribution >= 4 is 51.7 Å². The summed E-state index contributed by atoms with van der Waals surface area (Å²) in [6.45, 7) is 0. The number of hydrogen-bond acceptors (Lipinski definition) is 7. The second kappa shape index (κ2) is 18.0. The lowest BCUT2D eigenvalue weighted by atomic mass is 10.1. The van der Waals surface area contributed by atoms with Gasteiger partial charge in [-0.15, -0.1) is 11.8 Å². The van der Waals surface area contributed by atoms with Gasteiger partial charge in [-0.1, -0.05) is 42.8 Å². The quantitative estimate of drug-likeness (QED) is 0.0722. The van der Waals surface area contributed by atoms with Crippen molar-refractivity contribution in [3.8, 4) is 5.75 Å².